The summed E-state index contributed by atoms with van der Waals surface area (Å²) in [6.45, 7) is 3.48. The average molecular weight is 438 g/mol. The zero-order valence-corrected chi connectivity index (χ0v) is 17.5. The number of aliphatic hydroxyl groups excluding tert-OH is 1. The van der Waals surface area contributed by atoms with Crippen molar-refractivity contribution in [2.45, 2.75) is 11.7 Å². The van der Waals surface area contributed by atoms with Gasteiger partial charge in [-0.2, -0.15) is 5.10 Å². The fourth-order valence-corrected chi connectivity index (χ4v) is 4.82. The molecule has 1 saturated heterocycles. The molecule has 2 aromatic rings. The molecule has 1 fully saturated rings. The minimum absolute atomic E-state index is 0.101. The molecule has 3 aliphatic rings. The van der Waals surface area contributed by atoms with Crippen molar-refractivity contribution in [1.82, 2.24) is 19.8 Å². The number of hydrogen-bond acceptors (Lipinski definition) is 7. The van der Waals surface area contributed by atoms with Gasteiger partial charge in [0, 0.05) is 51.3 Å². The van der Waals surface area contributed by atoms with E-state index in [4.69, 9.17) is 4.99 Å². The standard InChI is InChI=1S/C23H24F2N6O/c24-19-4-3-18(16-20(19)25)23(30-12-10-29(11-13-30)14-15-32)22(17-5-8-26-9-6-17)31-21(28-23)2-1-7-27-31/h1-9,16,22,32H,10-15H2. The summed E-state index contributed by atoms with van der Waals surface area (Å²) in [6, 6.07) is 7.45. The Morgan fingerprint density at radius 2 is 1.81 bits per heavy atom. The number of benzene rings is 1. The Hall–Kier alpha value is -3.01. The molecule has 2 atom stereocenters. The third kappa shape index (κ3) is 3.42. The number of hydrogen-bond donors (Lipinski definition) is 1. The summed E-state index contributed by atoms with van der Waals surface area (Å²) in [6.07, 6.45) is 8.83. The molecule has 0 bridgehead atoms. The lowest BCUT2D eigenvalue weighted by Gasteiger charge is -2.47. The first-order chi connectivity index (χ1) is 15.6. The van der Waals surface area contributed by atoms with Crippen LogP contribution in [0.3, 0.4) is 0 Å². The third-order valence-corrected chi connectivity index (χ3v) is 6.30. The summed E-state index contributed by atoms with van der Waals surface area (Å²) < 4.78 is 28.4. The van der Waals surface area contributed by atoms with Crippen molar-refractivity contribution in [3.63, 3.8) is 0 Å². The Morgan fingerprint density at radius 3 is 2.53 bits per heavy atom. The van der Waals surface area contributed by atoms with Crippen LogP contribution < -0.4 is 0 Å². The van der Waals surface area contributed by atoms with Gasteiger partial charge in [-0.25, -0.2) is 18.8 Å². The van der Waals surface area contributed by atoms with Gasteiger partial charge in [0.1, 0.15) is 11.9 Å². The number of piperazine rings is 1. The van der Waals surface area contributed by atoms with E-state index in [-0.39, 0.29) is 6.61 Å². The Kier molecular flexibility index (Phi) is 5.54. The quantitative estimate of drug-likeness (QED) is 0.775. The van der Waals surface area contributed by atoms with E-state index in [9.17, 15) is 13.9 Å². The number of nitrogens with zero attached hydrogens (tertiary/aromatic N) is 6. The van der Waals surface area contributed by atoms with Crippen LogP contribution in [0.25, 0.3) is 0 Å². The van der Waals surface area contributed by atoms with Crippen molar-refractivity contribution in [2.75, 3.05) is 39.3 Å². The van der Waals surface area contributed by atoms with Crippen molar-refractivity contribution < 1.29 is 13.9 Å². The van der Waals surface area contributed by atoms with Crippen LogP contribution in [0, 0.1) is 11.6 Å². The van der Waals surface area contributed by atoms with Crippen LogP contribution in [0.5, 0.6) is 0 Å². The van der Waals surface area contributed by atoms with Crippen molar-refractivity contribution in [1.29, 1.82) is 0 Å². The highest BCUT2D eigenvalue weighted by Crippen LogP contribution is 2.50. The van der Waals surface area contributed by atoms with E-state index in [0.717, 1.165) is 24.7 Å². The molecule has 3 aliphatic heterocycles. The number of hydrazone groups is 1. The minimum Gasteiger partial charge on any atom is -0.395 e. The number of fused-ring (bicyclic) bond motifs is 1. The van der Waals surface area contributed by atoms with Crippen LogP contribution in [0.1, 0.15) is 17.2 Å². The Balaban J connectivity index is 1.67. The maximum Gasteiger partial charge on any atom is 0.168 e. The minimum atomic E-state index is -1.01. The van der Waals surface area contributed by atoms with Crippen molar-refractivity contribution in [3.05, 3.63) is 77.6 Å². The van der Waals surface area contributed by atoms with Crippen LogP contribution in [0.4, 0.5) is 8.78 Å². The summed E-state index contributed by atoms with van der Waals surface area (Å²) in [5.41, 5.74) is 0.482. The van der Waals surface area contributed by atoms with Crippen LogP contribution in [0.15, 0.2) is 65.0 Å². The lowest BCUT2D eigenvalue weighted by Crippen LogP contribution is -2.57. The summed E-state index contributed by atoms with van der Waals surface area (Å²) in [5.74, 6) is -1.13. The molecule has 1 aromatic heterocycles. The van der Waals surface area contributed by atoms with Gasteiger partial charge in [-0.3, -0.25) is 14.8 Å². The van der Waals surface area contributed by atoms with E-state index in [0.29, 0.717) is 31.0 Å². The molecular weight excluding hydrogens is 414 g/mol. The number of aromatic nitrogens is 1. The second-order valence-corrected chi connectivity index (χ2v) is 8.03. The van der Waals surface area contributed by atoms with E-state index >= 15 is 0 Å². The van der Waals surface area contributed by atoms with Crippen molar-refractivity contribution in [2.24, 2.45) is 10.1 Å². The zero-order valence-electron chi connectivity index (χ0n) is 17.5. The molecule has 0 aliphatic carbocycles. The SMILES string of the molecule is OCCN1CCN(C2(c3ccc(F)c(F)c3)N=C3C=CC=NN3C2c2ccncc2)CC1. The molecule has 5 rings (SSSR count). The summed E-state index contributed by atoms with van der Waals surface area (Å²) in [7, 11) is 0. The largest absolute Gasteiger partial charge is 0.395 e. The Morgan fingerprint density at radius 1 is 1.03 bits per heavy atom. The monoisotopic (exact) mass is 438 g/mol. The predicted molar refractivity (Wildman–Crippen MR) is 117 cm³/mol. The van der Waals surface area contributed by atoms with Gasteiger partial charge >= 0.3 is 0 Å². The number of amidine groups is 1. The van der Waals surface area contributed by atoms with Gasteiger partial charge in [-0.05, 0) is 47.5 Å². The number of rotatable bonds is 5. The maximum atomic E-state index is 14.5. The summed E-state index contributed by atoms with van der Waals surface area (Å²) in [5, 5.41) is 15.7. The zero-order chi connectivity index (χ0) is 22.1. The van der Waals surface area contributed by atoms with Gasteiger partial charge < -0.3 is 5.11 Å². The van der Waals surface area contributed by atoms with Crippen LogP contribution in [-0.4, -0.2) is 76.3 Å². The highest BCUT2D eigenvalue weighted by Gasteiger charge is 2.55. The van der Waals surface area contributed by atoms with Gasteiger partial charge in [-0.1, -0.05) is 6.07 Å². The predicted octanol–water partition coefficient (Wildman–Crippen LogP) is 2.13. The van der Waals surface area contributed by atoms with Crippen molar-refractivity contribution in [3.8, 4) is 0 Å². The molecule has 0 saturated carbocycles. The molecule has 0 amide bonds. The molecule has 32 heavy (non-hydrogen) atoms. The fourth-order valence-electron chi connectivity index (χ4n) is 4.82. The van der Waals surface area contributed by atoms with Crippen LogP contribution in [-0.2, 0) is 5.66 Å². The molecule has 7 nitrogen and oxygen atoms in total. The third-order valence-electron chi connectivity index (χ3n) is 6.30. The Labute approximate surface area is 185 Å². The number of aliphatic imine (C=N–C) groups is 1. The normalized spacial score (nSPS) is 25.8. The number of halogens is 2. The number of pyridine rings is 1. The van der Waals surface area contributed by atoms with Gasteiger partial charge in [-0.15, -0.1) is 0 Å². The van der Waals surface area contributed by atoms with Crippen LogP contribution in [0.2, 0.25) is 0 Å². The number of aliphatic hydroxyl groups is 1. The molecule has 4 heterocycles. The van der Waals surface area contributed by atoms with Crippen LogP contribution >= 0.6 is 0 Å². The molecule has 166 valence electrons. The summed E-state index contributed by atoms with van der Waals surface area (Å²) in [4.78, 5) is 13.7. The second kappa shape index (κ2) is 8.50. The van der Waals surface area contributed by atoms with E-state index in [1.54, 1.807) is 24.7 Å². The smallest absolute Gasteiger partial charge is 0.168 e. The molecular formula is C23H24F2N6O. The topological polar surface area (TPSA) is 67.6 Å². The highest BCUT2D eigenvalue weighted by atomic mass is 19.2. The molecule has 9 heteroatoms. The average Bonchev–Trinajstić information content (AvgIpc) is 3.18. The van der Waals surface area contributed by atoms with Gasteiger partial charge in [0.15, 0.2) is 17.3 Å². The first-order valence-electron chi connectivity index (χ1n) is 10.7. The Bertz CT molecular complexity index is 1070. The maximum absolute atomic E-state index is 14.5. The van der Waals surface area contributed by atoms with Gasteiger partial charge in [0.25, 0.3) is 0 Å². The van der Waals surface area contributed by atoms with E-state index in [2.05, 4.69) is 19.9 Å². The molecule has 2 unspecified atom stereocenters. The fraction of sp³-hybridized carbons (Fsp3) is 0.348. The molecule has 1 N–H and O–H groups in total. The molecule has 0 spiro atoms. The first-order valence-corrected chi connectivity index (χ1v) is 10.7. The molecule has 1 aromatic carbocycles. The lowest BCUT2D eigenvalue weighted by molar-refractivity contribution is -0.00341. The first kappa shape index (κ1) is 20.9. The van der Waals surface area contributed by atoms with Crippen molar-refractivity contribution >= 4 is 12.1 Å². The van der Waals surface area contributed by atoms with E-state index in [1.807, 2.05) is 29.3 Å². The second-order valence-electron chi connectivity index (χ2n) is 8.03. The van der Waals surface area contributed by atoms with E-state index < -0.39 is 23.3 Å². The number of β-amino-alcohol motifs (C(OH)–C–C–N with tert-alkyl or cyclic N) is 1. The molecule has 0 radical (unpaired) electrons. The number of allylic oxidation sites excluding steroid dienone is 1. The summed E-state index contributed by atoms with van der Waals surface area (Å²) >= 11 is 0. The van der Waals surface area contributed by atoms with Gasteiger partial charge in [0.05, 0.1) is 6.61 Å². The highest BCUT2D eigenvalue weighted by molar-refractivity contribution is 6.00. The lowest BCUT2D eigenvalue weighted by atomic mass is 9.85. The van der Waals surface area contributed by atoms with Gasteiger partial charge in [0.2, 0.25) is 0 Å². The van der Waals surface area contributed by atoms with E-state index in [1.165, 1.54) is 6.07 Å².